The lowest BCUT2D eigenvalue weighted by Gasteiger charge is -2.08. The highest BCUT2D eigenvalue weighted by Crippen LogP contribution is 2.38. The van der Waals surface area contributed by atoms with Crippen LogP contribution < -0.4 is 5.32 Å². The van der Waals surface area contributed by atoms with E-state index in [0.717, 1.165) is 42.6 Å². The Morgan fingerprint density at radius 1 is 1.09 bits per heavy atom. The Hall–Kier alpha value is -1.17. The molecule has 3 rings (SSSR count). The molecule has 0 radical (unpaired) electrons. The van der Waals surface area contributed by atoms with E-state index in [1.807, 2.05) is 39.0 Å². The summed E-state index contributed by atoms with van der Waals surface area (Å²) in [4.78, 5) is 16.9. The third-order valence-corrected chi connectivity index (χ3v) is 6.42. The van der Waals surface area contributed by atoms with E-state index in [-0.39, 0.29) is 5.91 Å². The molecule has 0 aromatic heterocycles. The fraction of sp³-hybridized carbons (Fsp3) is 0.176. The van der Waals surface area contributed by atoms with Crippen molar-refractivity contribution in [3.63, 3.8) is 0 Å². The van der Waals surface area contributed by atoms with E-state index in [1.165, 1.54) is 0 Å². The molecule has 118 valence electrons. The van der Waals surface area contributed by atoms with Gasteiger partial charge in [0, 0.05) is 14.5 Å². The van der Waals surface area contributed by atoms with Gasteiger partial charge in [-0.05, 0) is 71.6 Å². The first-order valence-electron chi connectivity index (χ1n) is 6.95. The number of carbonyl (C=O) groups excluding carboxylic acids is 1. The molecule has 0 spiro atoms. The van der Waals surface area contributed by atoms with Crippen LogP contribution in [0.1, 0.15) is 22.3 Å². The van der Waals surface area contributed by atoms with Gasteiger partial charge in [0.2, 0.25) is 0 Å². The standard InChI is InChI=1S/C17H13Br2ClN2O/c1-7-4-10(5-8(2)13(7)19)21-16-11-6-12(18)14(20)9(3)15(11)22-17(16)23/h4-6H,1-3H3,(H,21,22,23). The molecule has 0 unspecified atom stereocenters. The van der Waals surface area contributed by atoms with Crippen LogP contribution in [-0.4, -0.2) is 11.6 Å². The van der Waals surface area contributed by atoms with Crippen molar-refractivity contribution < 1.29 is 4.79 Å². The number of nitrogens with one attached hydrogen (secondary N) is 1. The number of amides is 1. The molecule has 0 saturated heterocycles. The lowest BCUT2D eigenvalue weighted by Crippen LogP contribution is -2.14. The van der Waals surface area contributed by atoms with Crippen LogP contribution >= 0.6 is 43.5 Å². The van der Waals surface area contributed by atoms with Gasteiger partial charge in [-0.15, -0.1) is 0 Å². The summed E-state index contributed by atoms with van der Waals surface area (Å²) < 4.78 is 1.81. The second kappa shape index (κ2) is 6.04. The van der Waals surface area contributed by atoms with Crippen LogP contribution in [0.5, 0.6) is 0 Å². The summed E-state index contributed by atoms with van der Waals surface area (Å²) in [6, 6.07) is 5.74. The molecule has 0 atom stereocenters. The predicted octanol–water partition coefficient (Wildman–Crippen LogP) is 5.86. The first kappa shape index (κ1) is 16.7. The second-order valence-corrected chi connectivity index (χ2v) is 7.55. The quantitative estimate of drug-likeness (QED) is 0.574. The van der Waals surface area contributed by atoms with Gasteiger partial charge in [-0.1, -0.05) is 27.5 Å². The minimum absolute atomic E-state index is 0.213. The van der Waals surface area contributed by atoms with Crippen molar-refractivity contribution in [2.45, 2.75) is 20.8 Å². The average Bonchev–Trinajstić information content (AvgIpc) is 2.79. The zero-order valence-electron chi connectivity index (χ0n) is 12.7. The van der Waals surface area contributed by atoms with Gasteiger partial charge in [0.05, 0.1) is 16.4 Å². The van der Waals surface area contributed by atoms with E-state index in [1.54, 1.807) is 0 Å². The summed E-state index contributed by atoms with van der Waals surface area (Å²) >= 11 is 13.2. The molecule has 1 amide bonds. The third-order valence-electron chi connectivity index (χ3n) is 3.83. The van der Waals surface area contributed by atoms with E-state index in [4.69, 9.17) is 11.6 Å². The van der Waals surface area contributed by atoms with Gasteiger partial charge >= 0.3 is 0 Å². The summed E-state index contributed by atoms with van der Waals surface area (Å²) in [6.45, 7) is 5.89. The maximum absolute atomic E-state index is 12.3. The van der Waals surface area contributed by atoms with Crippen LogP contribution in [0.15, 0.2) is 32.1 Å². The zero-order chi connectivity index (χ0) is 16.9. The highest BCUT2D eigenvalue weighted by atomic mass is 79.9. The highest BCUT2D eigenvalue weighted by Gasteiger charge is 2.29. The molecule has 0 bridgehead atoms. The van der Waals surface area contributed by atoms with Crippen molar-refractivity contribution in [2.75, 3.05) is 5.32 Å². The van der Waals surface area contributed by atoms with Crippen LogP contribution in [0.4, 0.5) is 11.4 Å². The van der Waals surface area contributed by atoms with Gasteiger partial charge in [-0.2, -0.15) is 0 Å². The fourth-order valence-electron chi connectivity index (χ4n) is 2.62. The van der Waals surface area contributed by atoms with Crippen molar-refractivity contribution in [1.82, 2.24) is 0 Å². The van der Waals surface area contributed by atoms with Crippen molar-refractivity contribution in [3.05, 3.63) is 54.4 Å². The Balaban J connectivity index is 2.18. The van der Waals surface area contributed by atoms with Crippen molar-refractivity contribution in [2.24, 2.45) is 4.99 Å². The van der Waals surface area contributed by atoms with E-state index in [0.29, 0.717) is 10.7 Å². The van der Waals surface area contributed by atoms with Gasteiger partial charge in [0.25, 0.3) is 5.91 Å². The molecule has 0 saturated carbocycles. The molecule has 6 heteroatoms. The molecule has 2 aromatic carbocycles. The molecule has 0 aliphatic carbocycles. The molecule has 23 heavy (non-hydrogen) atoms. The first-order valence-corrected chi connectivity index (χ1v) is 8.91. The number of aliphatic imine (C=N–C) groups is 1. The molecule has 1 aliphatic heterocycles. The van der Waals surface area contributed by atoms with E-state index in [2.05, 4.69) is 42.2 Å². The SMILES string of the molecule is Cc1cc(N=C2C(=O)Nc3c2cc(Br)c(Cl)c3C)cc(C)c1Br. The number of fused-ring (bicyclic) bond motifs is 1. The summed E-state index contributed by atoms with van der Waals surface area (Å²) in [5.41, 5.74) is 5.65. The number of carbonyl (C=O) groups is 1. The molecular weight excluding hydrogens is 443 g/mol. The van der Waals surface area contributed by atoms with Gasteiger partial charge in [-0.3, -0.25) is 4.79 Å². The number of nitrogens with zero attached hydrogens (tertiary/aromatic N) is 1. The van der Waals surface area contributed by atoms with E-state index >= 15 is 0 Å². The van der Waals surface area contributed by atoms with Gasteiger partial charge < -0.3 is 5.32 Å². The Morgan fingerprint density at radius 3 is 2.30 bits per heavy atom. The number of hydrogen-bond donors (Lipinski definition) is 1. The summed E-state index contributed by atoms with van der Waals surface area (Å²) in [7, 11) is 0. The second-order valence-electron chi connectivity index (χ2n) is 5.53. The first-order chi connectivity index (χ1) is 10.8. The number of benzene rings is 2. The summed E-state index contributed by atoms with van der Waals surface area (Å²) in [6.07, 6.45) is 0. The van der Waals surface area contributed by atoms with E-state index < -0.39 is 0 Å². The average molecular weight is 457 g/mol. The predicted molar refractivity (Wildman–Crippen MR) is 102 cm³/mol. The van der Waals surface area contributed by atoms with Crippen LogP contribution in [0.2, 0.25) is 5.02 Å². The van der Waals surface area contributed by atoms with Gasteiger partial charge in [0.1, 0.15) is 5.71 Å². The molecule has 1 N–H and O–H groups in total. The van der Waals surface area contributed by atoms with Crippen LogP contribution in [0, 0.1) is 20.8 Å². The molecule has 0 fully saturated rings. The Morgan fingerprint density at radius 2 is 1.70 bits per heavy atom. The Kier molecular flexibility index (Phi) is 4.38. The van der Waals surface area contributed by atoms with Crippen LogP contribution in [-0.2, 0) is 4.79 Å². The van der Waals surface area contributed by atoms with Crippen molar-refractivity contribution in [3.8, 4) is 0 Å². The smallest absolute Gasteiger partial charge is 0.275 e. The summed E-state index contributed by atoms with van der Waals surface area (Å²) in [5.74, 6) is -0.213. The minimum Gasteiger partial charge on any atom is -0.320 e. The molecule has 2 aromatic rings. The normalized spacial score (nSPS) is 15.0. The van der Waals surface area contributed by atoms with E-state index in [9.17, 15) is 4.79 Å². The molecular formula is C17H13Br2ClN2O. The fourth-order valence-corrected chi connectivity index (χ4v) is 3.53. The maximum atomic E-state index is 12.3. The number of halogens is 3. The maximum Gasteiger partial charge on any atom is 0.275 e. The number of hydrogen-bond acceptors (Lipinski definition) is 2. The largest absolute Gasteiger partial charge is 0.320 e. The minimum atomic E-state index is -0.213. The van der Waals surface area contributed by atoms with Gasteiger partial charge in [0.15, 0.2) is 0 Å². The number of anilines is 1. The van der Waals surface area contributed by atoms with Gasteiger partial charge in [-0.25, -0.2) is 4.99 Å². The summed E-state index contributed by atoms with van der Waals surface area (Å²) in [5, 5.41) is 3.46. The lowest BCUT2D eigenvalue weighted by atomic mass is 10.1. The molecule has 1 heterocycles. The van der Waals surface area contributed by atoms with Crippen molar-refractivity contribution in [1.29, 1.82) is 0 Å². The molecule has 3 nitrogen and oxygen atoms in total. The Labute approximate surface area is 156 Å². The van der Waals surface area contributed by atoms with Crippen molar-refractivity contribution >= 4 is 66.5 Å². The Bertz CT molecular complexity index is 868. The highest BCUT2D eigenvalue weighted by molar-refractivity contribution is 9.10. The van der Waals surface area contributed by atoms with Crippen LogP contribution in [0.3, 0.4) is 0 Å². The zero-order valence-corrected chi connectivity index (χ0v) is 16.6. The topological polar surface area (TPSA) is 41.5 Å². The monoisotopic (exact) mass is 454 g/mol. The lowest BCUT2D eigenvalue weighted by molar-refractivity contribution is -0.110. The molecule has 1 aliphatic rings. The van der Waals surface area contributed by atoms with Crippen LogP contribution in [0.25, 0.3) is 0 Å². The number of rotatable bonds is 1. The number of aryl methyl sites for hydroxylation is 2. The third kappa shape index (κ3) is 2.86.